The molecule has 1 aromatic carbocycles. The summed E-state index contributed by atoms with van der Waals surface area (Å²) in [5.41, 5.74) is 9.12. The van der Waals surface area contributed by atoms with Crippen molar-refractivity contribution in [2.75, 3.05) is 32.7 Å². The standard InChI is InChI=1S/C18H31N3/c1-4-20(5-2)12-9-13-21(6-3)18-14-17(19)15-10-7-8-11-16(15)18/h7-8,10-11,17-18H,4-6,9,12-14,19H2,1-3H3. The molecule has 0 aromatic heterocycles. The predicted molar refractivity (Wildman–Crippen MR) is 90.4 cm³/mol. The molecule has 0 spiro atoms. The van der Waals surface area contributed by atoms with Gasteiger partial charge in [0.25, 0.3) is 0 Å². The number of benzene rings is 1. The molecule has 118 valence electrons. The van der Waals surface area contributed by atoms with E-state index in [2.05, 4.69) is 54.8 Å². The first-order valence-corrected chi connectivity index (χ1v) is 8.52. The number of rotatable bonds is 8. The molecule has 21 heavy (non-hydrogen) atoms. The van der Waals surface area contributed by atoms with Gasteiger partial charge in [0.2, 0.25) is 0 Å². The van der Waals surface area contributed by atoms with Crippen LogP contribution in [-0.4, -0.2) is 42.5 Å². The topological polar surface area (TPSA) is 32.5 Å². The smallest absolute Gasteiger partial charge is 0.0369 e. The molecule has 2 rings (SSSR count). The van der Waals surface area contributed by atoms with Gasteiger partial charge in [0.1, 0.15) is 0 Å². The molecule has 0 saturated carbocycles. The van der Waals surface area contributed by atoms with Crippen molar-refractivity contribution in [2.45, 2.75) is 45.7 Å². The number of fused-ring (bicyclic) bond motifs is 1. The maximum atomic E-state index is 6.31. The maximum absolute atomic E-state index is 6.31. The van der Waals surface area contributed by atoms with Gasteiger partial charge in [-0.3, -0.25) is 4.90 Å². The first-order chi connectivity index (χ1) is 10.2. The van der Waals surface area contributed by atoms with Gasteiger partial charge in [0.05, 0.1) is 0 Å². The van der Waals surface area contributed by atoms with Crippen molar-refractivity contribution in [2.24, 2.45) is 5.73 Å². The van der Waals surface area contributed by atoms with Gasteiger partial charge in [-0.25, -0.2) is 0 Å². The third kappa shape index (κ3) is 3.85. The number of hydrogen-bond donors (Lipinski definition) is 1. The van der Waals surface area contributed by atoms with E-state index in [1.807, 2.05) is 0 Å². The highest BCUT2D eigenvalue weighted by atomic mass is 15.2. The van der Waals surface area contributed by atoms with Crippen LogP contribution in [0.4, 0.5) is 0 Å². The summed E-state index contributed by atoms with van der Waals surface area (Å²) < 4.78 is 0. The van der Waals surface area contributed by atoms with Crippen molar-refractivity contribution in [3.8, 4) is 0 Å². The van der Waals surface area contributed by atoms with E-state index in [0.717, 1.165) is 26.1 Å². The number of hydrogen-bond acceptors (Lipinski definition) is 3. The van der Waals surface area contributed by atoms with Crippen LogP contribution in [0.3, 0.4) is 0 Å². The van der Waals surface area contributed by atoms with Crippen LogP contribution < -0.4 is 5.73 Å². The molecule has 0 fully saturated rings. The number of nitrogens with two attached hydrogens (primary N) is 1. The van der Waals surface area contributed by atoms with Crippen molar-refractivity contribution in [1.82, 2.24) is 9.80 Å². The third-order valence-corrected chi connectivity index (χ3v) is 4.89. The quantitative estimate of drug-likeness (QED) is 0.798. The van der Waals surface area contributed by atoms with E-state index >= 15 is 0 Å². The highest BCUT2D eigenvalue weighted by Crippen LogP contribution is 2.40. The molecule has 3 heteroatoms. The fourth-order valence-corrected chi connectivity index (χ4v) is 3.56. The van der Waals surface area contributed by atoms with E-state index in [0.29, 0.717) is 6.04 Å². The summed E-state index contributed by atoms with van der Waals surface area (Å²) in [6.07, 6.45) is 2.31. The molecule has 0 amide bonds. The maximum Gasteiger partial charge on any atom is 0.0369 e. The van der Waals surface area contributed by atoms with Crippen LogP contribution >= 0.6 is 0 Å². The van der Waals surface area contributed by atoms with Gasteiger partial charge >= 0.3 is 0 Å². The zero-order valence-electron chi connectivity index (χ0n) is 13.9. The van der Waals surface area contributed by atoms with E-state index in [9.17, 15) is 0 Å². The van der Waals surface area contributed by atoms with Gasteiger partial charge in [-0.15, -0.1) is 0 Å². The fourth-order valence-electron chi connectivity index (χ4n) is 3.56. The predicted octanol–water partition coefficient (Wildman–Crippen LogP) is 3.19. The molecule has 0 radical (unpaired) electrons. The van der Waals surface area contributed by atoms with Crippen LogP contribution in [0.15, 0.2) is 24.3 Å². The molecular formula is C18H31N3. The summed E-state index contributed by atoms with van der Waals surface area (Å²) in [6, 6.07) is 9.44. The minimum absolute atomic E-state index is 0.211. The Labute approximate surface area is 130 Å². The Morgan fingerprint density at radius 1 is 1.00 bits per heavy atom. The molecule has 0 saturated heterocycles. The van der Waals surface area contributed by atoms with E-state index < -0.39 is 0 Å². The molecule has 2 atom stereocenters. The second-order valence-corrected chi connectivity index (χ2v) is 6.00. The van der Waals surface area contributed by atoms with Gasteiger partial charge in [0.15, 0.2) is 0 Å². The van der Waals surface area contributed by atoms with Crippen molar-refractivity contribution in [3.05, 3.63) is 35.4 Å². The molecule has 2 unspecified atom stereocenters. The Bertz CT molecular complexity index is 428. The van der Waals surface area contributed by atoms with E-state index in [1.165, 1.54) is 30.6 Å². The van der Waals surface area contributed by atoms with Gasteiger partial charge in [-0.1, -0.05) is 45.0 Å². The van der Waals surface area contributed by atoms with Gasteiger partial charge in [-0.05, 0) is 56.7 Å². The monoisotopic (exact) mass is 289 g/mol. The Kier molecular flexibility index (Phi) is 6.22. The zero-order chi connectivity index (χ0) is 15.2. The Morgan fingerprint density at radius 3 is 2.29 bits per heavy atom. The molecular weight excluding hydrogens is 258 g/mol. The summed E-state index contributed by atoms with van der Waals surface area (Å²) in [5.74, 6) is 0. The second-order valence-electron chi connectivity index (χ2n) is 6.00. The molecule has 0 heterocycles. The van der Waals surface area contributed by atoms with Crippen LogP contribution in [0.25, 0.3) is 0 Å². The summed E-state index contributed by atoms with van der Waals surface area (Å²) in [5, 5.41) is 0. The fraction of sp³-hybridized carbons (Fsp3) is 0.667. The molecule has 1 aliphatic carbocycles. The van der Waals surface area contributed by atoms with Crippen LogP contribution in [0.5, 0.6) is 0 Å². The second kappa shape index (κ2) is 7.92. The first-order valence-electron chi connectivity index (χ1n) is 8.52. The largest absolute Gasteiger partial charge is 0.324 e. The zero-order valence-corrected chi connectivity index (χ0v) is 13.9. The van der Waals surface area contributed by atoms with Gasteiger partial charge in [0, 0.05) is 12.1 Å². The van der Waals surface area contributed by atoms with E-state index in [1.54, 1.807) is 0 Å². The summed E-state index contributed by atoms with van der Waals surface area (Å²) >= 11 is 0. The van der Waals surface area contributed by atoms with Gasteiger partial charge < -0.3 is 10.6 Å². The SMILES string of the molecule is CCN(CC)CCCN(CC)C1CC(N)c2ccccc21. The van der Waals surface area contributed by atoms with Gasteiger partial charge in [-0.2, -0.15) is 0 Å². The van der Waals surface area contributed by atoms with E-state index in [-0.39, 0.29) is 6.04 Å². The van der Waals surface area contributed by atoms with Crippen LogP contribution in [0.2, 0.25) is 0 Å². The molecule has 0 bridgehead atoms. The van der Waals surface area contributed by atoms with Crippen molar-refractivity contribution < 1.29 is 0 Å². The van der Waals surface area contributed by atoms with Crippen LogP contribution in [0.1, 0.15) is 56.8 Å². The highest BCUT2D eigenvalue weighted by molar-refractivity contribution is 5.37. The minimum Gasteiger partial charge on any atom is -0.324 e. The lowest BCUT2D eigenvalue weighted by atomic mass is 10.1. The lowest BCUT2D eigenvalue weighted by Gasteiger charge is -2.29. The lowest BCUT2D eigenvalue weighted by molar-refractivity contribution is 0.185. The normalized spacial score (nSPS) is 21.2. The van der Waals surface area contributed by atoms with E-state index in [4.69, 9.17) is 5.73 Å². The van der Waals surface area contributed by atoms with Crippen molar-refractivity contribution in [3.63, 3.8) is 0 Å². The molecule has 1 aliphatic rings. The Balaban J connectivity index is 1.96. The lowest BCUT2D eigenvalue weighted by Crippen LogP contribution is -2.32. The Morgan fingerprint density at radius 2 is 1.67 bits per heavy atom. The summed E-state index contributed by atoms with van der Waals surface area (Å²) in [4.78, 5) is 5.11. The summed E-state index contributed by atoms with van der Waals surface area (Å²) in [7, 11) is 0. The van der Waals surface area contributed by atoms with Crippen molar-refractivity contribution in [1.29, 1.82) is 0 Å². The minimum atomic E-state index is 0.211. The average molecular weight is 289 g/mol. The highest BCUT2D eigenvalue weighted by Gasteiger charge is 2.31. The Hall–Kier alpha value is -0.900. The van der Waals surface area contributed by atoms with Crippen LogP contribution in [0, 0.1) is 0 Å². The summed E-state index contributed by atoms with van der Waals surface area (Å²) in [6.45, 7) is 12.5. The molecule has 1 aromatic rings. The van der Waals surface area contributed by atoms with Crippen LogP contribution in [-0.2, 0) is 0 Å². The number of nitrogens with zero attached hydrogens (tertiary/aromatic N) is 2. The van der Waals surface area contributed by atoms with Crippen molar-refractivity contribution >= 4 is 0 Å². The molecule has 3 nitrogen and oxygen atoms in total. The molecule has 2 N–H and O–H groups in total. The first kappa shape index (κ1) is 16.5. The third-order valence-electron chi connectivity index (χ3n) is 4.89. The average Bonchev–Trinajstić information content (AvgIpc) is 2.85. The molecule has 0 aliphatic heterocycles.